The van der Waals surface area contributed by atoms with Gasteiger partial charge in [0, 0.05) is 5.56 Å². The van der Waals surface area contributed by atoms with Gasteiger partial charge >= 0.3 is 0 Å². The van der Waals surface area contributed by atoms with Crippen LogP contribution in [-0.2, 0) is 5.60 Å². The molecule has 1 atom stereocenters. The number of aryl methyl sites for hydroxylation is 3. The first-order valence-electron chi connectivity index (χ1n) is 6.92. The molecule has 0 bridgehead atoms. The molecule has 0 aliphatic carbocycles. The van der Waals surface area contributed by atoms with Crippen molar-refractivity contribution in [3.05, 3.63) is 51.7 Å². The highest BCUT2D eigenvalue weighted by Crippen LogP contribution is 2.26. The molecule has 1 amide bonds. The zero-order chi connectivity index (χ0) is 16.5. The van der Waals surface area contributed by atoms with E-state index in [4.69, 9.17) is 16.0 Å². The highest BCUT2D eigenvalue weighted by atomic mass is 35.5. The first-order valence-corrected chi connectivity index (χ1v) is 7.30. The van der Waals surface area contributed by atoms with Crippen LogP contribution >= 0.6 is 11.6 Å². The molecular weight excluding hydrogens is 304 g/mol. The van der Waals surface area contributed by atoms with Gasteiger partial charge in [0.15, 0.2) is 0 Å². The quantitative estimate of drug-likeness (QED) is 0.849. The maximum atomic E-state index is 12.2. The van der Waals surface area contributed by atoms with Crippen molar-refractivity contribution in [3.8, 4) is 0 Å². The summed E-state index contributed by atoms with van der Waals surface area (Å²) in [6, 6.07) is 4.95. The van der Waals surface area contributed by atoms with Crippen LogP contribution in [0.2, 0.25) is 5.15 Å². The molecule has 0 fully saturated rings. The largest absolute Gasteiger partial charge is 0.466 e. The summed E-state index contributed by atoms with van der Waals surface area (Å²) in [5.74, 6) is 1.05. The molecule has 2 aromatic rings. The molecule has 2 heterocycles. The van der Waals surface area contributed by atoms with Crippen molar-refractivity contribution < 1.29 is 14.3 Å². The number of hydrogen-bond acceptors (Lipinski definition) is 4. The Morgan fingerprint density at radius 3 is 2.64 bits per heavy atom. The molecule has 1 unspecified atom stereocenters. The van der Waals surface area contributed by atoms with Crippen molar-refractivity contribution in [3.63, 3.8) is 0 Å². The second-order valence-electron chi connectivity index (χ2n) is 5.55. The Hall–Kier alpha value is -1.85. The van der Waals surface area contributed by atoms with Crippen molar-refractivity contribution in [1.29, 1.82) is 0 Å². The third-order valence-corrected chi connectivity index (χ3v) is 3.72. The maximum absolute atomic E-state index is 12.2. The zero-order valence-electron chi connectivity index (χ0n) is 13.0. The van der Waals surface area contributed by atoms with Gasteiger partial charge < -0.3 is 14.8 Å². The van der Waals surface area contributed by atoms with E-state index < -0.39 is 5.60 Å². The molecular formula is C16H19ClN2O3. The molecule has 0 aliphatic rings. The molecule has 6 heteroatoms. The van der Waals surface area contributed by atoms with Gasteiger partial charge in [0.1, 0.15) is 22.3 Å². The smallest absolute Gasteiger partial charge is 0.253 e. The van der Waals surface area contributed by atoms with Crippen LogP contribution in [0.15, 0.2) is 22.6 Å². The molecule has 2 aromatic heterocycles. The Bertz CT molecular complexity index is 707. The summed E-state index contributed by atoms with van der Waals surface area (Å²) >= 11 is 5.78. The number of furan rings is 1. The monoisotopic (exact) mass is 322 g/mol. The van der Waals surface area contributed by atoms with Gasteiger partial charge in [-0.2, -0.15) is 0 Å². The first kappa shape index (κ1) is 16.5. The van der Waals surface area contributed by atoms with Crippen LogP contribution in [0.25, 0.3) is 0 Å². The van der Waals surface area contributed by atoms with Gasteiger partial charge in [0.05, 0.1) is 17.8 Å². The van der Waals surface area contributed by atoms with Crippen molar-refractivity contribution in [2.75, 3.05) is 6.54 Å². The second kappa shape index (κ2) is 6.10. The third-order valence-electron chi connectivity index (χ3n) is 3.51. The molecule has 0 saturated heterocycles. The maximum Gasteiger partial charge on any atom is 0.253 e. The Morgan fingerprint density at radius 1 is 1.41 bits per heavy atom. The summed E-state index contributed by atoms with van der Waals surface area (Å²) in [5, 5.41) is 13.6. The van der Waals surface area contributed by atoms with Crippen LogP contribution in [0.1, 0.15) is 40.1 Å². The Kier molecular flexibility index (Phi) is 4.58. The lowest BCUT2D eigenvalue weighted by atomic mass is 9.96. The molecule has 5 nitrogen and oxygen atoms in total. The summed E-state index contributed by atoms with van der Waals surface area (Å²) in [6.45, 7) is 7.01. The SMILES string of the molecule is Cc1cc(C(C)(O)CNC(=O)c2ccc(Cl)nc2C)c(C)o1. The molecule has 0 radical (unpaired) electrons. The minimum atomic E-state index is -1.22. The molecule has 0 saturated carbocycles. The molecule has 0 aliphatic heterocycles. The molecule has 22 heavy (non-hydrogen) atoms. The predicted octanol–water partition coefficient (Wildman–Crippen LogP) is 2.89. The van der Waals surface area contributed by atoms with Crippen LogP contribution in [-0.4, -0.2) is 22.5 Å². The van der Waals surface area contributed by atoms with E-state index in [0.717, 1.165) is 5.76 Å². The molecule has 2 N–H and O–H groups in total. The minimum absolute atomic E-state index is 0.0632. The number of amides is 1. The number of aromatic nitrogens is 1. The number of carbonyl (C=O) groups excluding carboxylic acids is 1. The van der Waals surface area contributed by atoms with Gasteiger partial charge in [-0.05, 0) is 45.9 Å². The van der Waals surface area contributed by atoms with Crippen LogP contribution in [0, 0.1) is 20.8 Å². The summed E-state index contributed by atoms with van der Waals surface area (Å²) in [7, 11) is 0. The summed E-state index contributed by atoms with van der Waals surface area (Å²) in [6.07, 6.45) is 0. The van der Waals surface area contributed by atoms with E-state index in [9.17, 15) is 9.90 Å². The van der Waals surface area contributed by atoms with Crippen LogP contribution < -0.4 is 5.32 Å². The number of nitrogens with zero attached hydrogens (tertiary/aromatic N) is 1. The van der Waals surface area contributed by atoms with E-state index in [-0.39, 0.29) is 12.5 Å². The number of halogens is 1. The van der Waals surface area contributed by atoms with Crippen LogP contribution in [0.3, 0.4) is 0 Å². The zero-order valence-corrected chi connectivity index (χ0v) is 13.8. The van der Waals surface area contributed by atoms with E-state index in [1.807, 2.05) is 6.92 Å². The van der Waals surface area contributed by atoms with Crippen molar-refractivity contribution >= 4 is 17.5 Å². The number of aliphatic hydroxyl groups is 1. The summed E-state index contributed by atoms with van der Waals surface area (Å²) < 4.78 is 5.43. The third kappa shape index (κ3) is 3.48. The summed E-state index contributed by atoms with van der Waals surface area (Å²) in [4.78, 5) is 16.3. The van der Waals surface area contributed by atoms with Gasteiger partial charge in [-0.3, -0.25) is 4.79 Å². The van der Waals surface area contributed by atoms with E-state index in [0.29, 0.717) is 27.7 Å². The van der Waals surface area contributed by atoms with E-state index in [2.05, 4.69) is 10.3 Å². The topological polar surface area (TPSA) is 75.4 Å². The van der Waals surface area contributed by atoms with Gasteiger partial charge in [0.25, 0.3) is 5.91 Å². The minimum Gasteiger partial charge on any atom is -0.466 e. The standard InChI is InChI=1S/C16H19ClN2O3/c1-9-7-13(11(3)22-9)16(4,21)8-18-15(20)12-5-6-14(17)19-10(12)2/h5-7,21H,8H2,1-4H3,(H,18,20). The fourth-order valence-electron chi connectivity index (χ4n) is 2.38. The van der Waals surface area contributed by atoms with E-state index >= 15 is 0 Å². The highest BCUT2D eigenvalue weighted by Gasteiger charge is 2.28. The second-order valence-corrected chi connectivity index (χ2v) is 5.94. The van der Waals surface area contributed by atoms with Crippen molar-refractivity contribution in [1.82, 2.24) is 10.3 Å². The Labute approximate surface area is 134 Å². The number of rotatable bonds is 4. The highest BCUT2D eigenvalue weighted by molar-refractivity contribution is 6.29. The molecule has 2 rings (SSSR count). The van der Waals surface area contributed by atoms with Gasteiger partial charge in [-0.25, -0.2) is 4.98 Å². The van der Waals surface area contributed by atoms with Crippen molar-refractivity contribution in [2.24, 2.45) is 0 Å². The Morgan fingerprint density at radius 2 is 2.09 bits per heavy atom. The fourth-order valence-corrected chi connectivity index (χ4v) is 2.57. The van der Waals surface area contributed by atoms with Crippen molar-refractivity contribution in [2.45, 2.75) is 33.3 Å². The fraction of sp³-hybridized carbons (Fsp3) is 0.375. The molecule has 0 spiro atoms. The lowest BCUT2D eigenvalue weighted by Crippen LogP contribution is -2.39. The van der Waals surface area contributed by atoms with Crippen LogP contribution in [0.4, 0.5) is 0 Å². The number of pyridine rings is 1. The number of hydrogen-bond donors (Lipinski definition) is 2. The summed E-state index contributed by atoms with van der Waals surface area (Å²) in [5.41, 5.74) is 0.419. The van der Waals surface area contributed by atoms with Gasteiger partial charge in [-0.15, -0.1) is 0 Å². The first-order chi connectivity index (χ1) is 10.2. The number of nitrogens with one attached hydrogen (secondary N) is 1. The lowest BCUT2D eigenvalue weighted by molar-refractivity contribution is 0.0513. The molecule has 118 valence electrons. The van der Waals surface area contributed by atoms with Gasteiger partial charge in [-0.1, -0.05) is 11.6 Å². The predicted molar refractivity (Wildman–Crippen MR) is 84.1 cm³/mol. The number of carbonyl (C=O) groups is 1. The Balaban J connectivity index is 2.11. The van der Waals surface area contributed by atoms with Crippen LogP contribution in [0.5, 0.6) is 0 Å². The molecule has 0 aromatic carbocycles. The van der Waals surface area contributed by atoms with E-state index in [1.165, 1.54) is 0 Å². The van der Waals surface area contributed by atoms with E-state index in [1.54, 1.807) is 39.0 Å². The lowest BCUT2D eigenvalue weighted by Gasteiger charge is -2.23. The average molecular weight is 323 g/mol. The normalized spacial score (nSPS) is 13.7. The van der Waals surface area contributed by atoms with Gasteiger partial charge in [0.2, 0.25) is 0 Å². The average Bonchev–Trinajstić information content (AvgIpc) is 2.76.